The lowest BCUT2D eigenvalue weighted by Crippen LogP contribution is -2.28. The molecule has 0 radical (unpaired) electrons. The van der Waals surface area contributed by atoms with Crippen LogP contribution in [-0.2, 0) is 16.4 Å². The van der Waals surface area contributed by atoms with E-state index in [1.54, 1.807) is 12.1 Å². The fourth-order valence-electron chi connectivity index (χ4n) is 2.48. The lowest BCUT2D eigenvalue weighted by Gasteiger charge is -2.14. The molecule has 5 nitrogen and oxygen atoms in total. The summed E-state index contributed by atoms with van der Waals surface area (Å²) in [5, 5.41) is 10.6. The Balaban J connectivity index is 1.73. The zero-order chi connectivity index (χ0) is 17.3. The van der Waals surface area contributed by atoms with Gasteiger partial charge in [0.15, 0.2) is 0 Å². The van der Waals surface area contributed by atoms with Crippen molar-refractivity contribution in [2.75, 3.05) is 13.2 Å². The Morgan fingerprint density at radius 3 is 2.79 bits per heavy atom. The van der Waals surface area contributed by atoms with Gasteiger partial charge in [0.1, 0.15) is 10.6 Å². The molecule has 2 aromatic rings. The molecule has 2 N–H and O–H groups in total. The number of sulfonamides is 1. The van der Waals surface area contributed by atoms with E-state index in [1.165, 1.54) is 18.2 Å². The smallest absolute Gasteiger partial charge is 0.242 e. The summed E-state index contributed by atoms with van der Waals surface area (Å²) in [5.41, 5.74) is 1.63. The van der Waals surface area contributed by atoms with E-state index in [0.29, 0.717) is 12.2 Å². The Hall–Kier alpha value is -1.31. The van der Waals surface area contributed by atoms with E-state index in [1.807, 2.05) is 6.07 Å². The highest BCUT2D eigenvalue weighted by molar-refractivity contribution is 7.89. The molecule has 3 rings (SSSR count). The molecule has 0 spiro atoms. The molecule has 0 amide bonds. The molecule has 2 aromatic carbocycles. The largest absolute Gasteiger partial charge is 0.493 e. The Morgan fingerprint density at radius 2 is 2.00 bits per heavy atom. The predicted molar refractivity (Wildman–Crippen MR) is 92.3 cm³/mol. The number of halogens is 2. The van der Waals surface area contributed by atoms with Crippen molar-refractivity contribution in [3.05, 3.63) is 57.6 Å². The van der Waals surface area contributed by atoms with E-state index in [9.17, 15) is 13.5 Å². The summed E-state index contributed by atoms with van der Waals surface area (Å²) in [6.07, 6.45) is -0.205. The van der Waals surface area contributed by atoms with Crippen LogP contribution in [0.3, 0.4) is 0 Å². The van der Waals surface area contributed by atoms with Crippen LogP contribution < -0.4 is 9.46 Å². The first-order chi connectivity index (χ1) is 11.4. The van der Waals surface area contributed by atoms with Gasteiger partial charge < -0.3 is 9.84 Å². The first kappa shape index (κ1) is 17.5. The summed E-state index contributed by atoms with van der Waals surface area (Å²) in [5.74, 6) is 0.803. The number of ether oxygens (including phenoxy) is 1. The first-order valence-electron chi connectivity index (χ1n) is 7.25. The van der Waals surface area contributed by atoms with Gasteiger partial charge in [0, 0.05) is 18.0 Å². The van der Waals surface area contributed by atoms with Crippen LogP contribution >= 0.6 is 23.2 Å². The van der Waals surface area contributed by atoms with Gasteiger partial charge in [-0.25, -0.2) is 13.1 Å². The predicted octanol–water partition coefficient (Wildman–Crippen LogP) is 2.94. The Morgan fingerprint density at radius 1 is 1.21 bits per heavy atom. The zero-order valence-corrected chi connectivity index (χ0v) is 14.8. The normalized spacial score (nSPS) is 15.0. The minimum atomic E-state index is -3.88. The summed E-state index contributed by atoms with van der Waals surface area (Å²) >= 11 is 11.7. The SMILES string of the molecule is O=S(=O)(NCC(O)c1ccc2c(c1)CCO2)c1cc(Cl)ccc1Cl. The standard InChI is InChI=1S/C16H15Cl2NO4S/c17-12-2-3-13(18)16(8-12)24(21,22)19-9-14(20)10-1-4-15-11(7-10)5-6-23-15/h1-4,7-8,14,19-20H,5-6,9H2. The third-order valence-electron chi connectivity index (χ3n) is 3.75. The fourth-order valence-corrected chi connectivity index (χ4v) is 4.28. The molecule has 0 aliphatic carbocycles. The second kappa shape index (κ2) is 6.90. The van der Waals surface area contributed by atoms with E-state index < -0.39 is 16.1 Å². The van der Waals surface area contributed by atoms with Gasteiger partial charge in [-0.3, -0.25) is 0 Å². The maximum atomic E-state index is 12.3. The van der Waals surface area contributed by atoms with Crippen LogP contribution in [0.4, 0.5) is 0 Å². The van der Waals surface area contributed by atoms with Crippen molar-refractivity contribution >= 4 is 33.2 Å². The molecule has 8 heteroatoms. The molecule has 128 valence electrons. The molecule has 1 atom stereocenters. The van der Waals surface area contributed by atoms with Crippen molar-refractivity contribution in [1.29, 1.82) is 0 Å². The van der Waals surface area contributed by atoms with Gasteiger partial charge in [0.05, 0.1) is 17.7 Å². The summed E-state index contributed by atoms with van der Waals surface area (Å²) in [6.45, 7) is 0.444. The van der Waals surface area contributed by atoms with Crippen LogP contribution in [0.5, 0.6) is 5.75 Å². The maximum Gasteiger partial charge on any atom is 0.242 e. The second-order valence-electron chi connectivity index (χ2n) is 5.41. The molecular formula is C16H15Cl2NO4S. The minimum Gasteiger partial charge on any atom is -0.493 e. The van der Waals surface area contributed by atoms with Gasteiger partial charge in [0.25, 0.3) is 0 Å². The summed E-state index contributed by atoms with van der Waals surface area (Å²) < 4.78 is 32.5. The zero-order valence-electron chi connectivity index (χ0n) is 12.5. The molecule has 0 fully saturated rings. The van der Waals surface area contributed by atoms with E-state index >= 15 is 0 Å². The van der Waals surface area contributed by atoms with Crippen LogP contribution in [-0.4, -0.2) is 26.7 Å². The molecule has 1 heterocycles. The van der Waals surface area contributed by atoms with E-state index in [2.05, 4.69) is 4.72 Å². The molecule has 1 aliphatic rings. The van der Waals surface area contributed by atoms with Gasteiger partial charge in [-0.15, -0.1) is 0 Å². The van der Waals surface area contributed by atoms with Crippen LogP contribution in [0.2, 0.25) is 10.0 Å². The topological polar surface area (TPSA) is 75.6 Å². The third kappa shape index (κ3) is 3.68. The van der Waals surface area contributed by atoms with Gasteiger partial charge in [-0.05, 0) is 41.5 Å². The van der Waals surface area contributed by atoms with Gasteiger partial charge in [-0.1, -0.05) is 29.3 Å². The molecule has 0 aromatic heterocycles. The quantitative estimate of drug-likeness (QED) is 0.826. The van der Waals surface area contributed by atoms with Crippen LogP contribution in [0.1, 0.15) is 17.2 Å². The molecule has 0 saturated heterocycles. The number of benzene rings is 2. The lowest BCUT2D eigenvalue weighted by atomic mass is 10.0. The molecule has 24 heavy (non-hydrogen) atoms. The Kier molecular flexibility index (Phi) is 5.03. The summed E-state index contributed by atoms with van der Waals surface area (Å²) in [6, 6.07) is 9.51. The monoisotopic (exact) mass is 387 g/mol. The lowest BCUT2D eigenvalue weighted by molar-refractivity contribution is 0.182. The third-order valence-corrected chi connectivity index (χ3v) is 5.89. The number of rotatable bonds is 5. The molecule has 0 bridgehead atoms. The van der Waals surface area contributed by atoms with Crippen molar-refractivity contribution in [3.8, 4) is 5.75 Å². The van der Waals surface area contributed by atoms with Gasteiger partial charge in [0.2, 0.25) is 10.0 Å². The van der Waals surface area contributed by atoms with E-state index in [-0.39, 0.29) is 21.5 Å². The highest BCUT2D eigenvalue weighted by Crippen LogP contribution is 2.29. The molecular weight excluding hydrogens is 373 g/mol. The maximum absolute atomic E-state index is 12.3. The minimum absolute atomic E-state index is 0.0658. The average molecular weight is 388 g/mol. The molecule has 1 aliphatic heterocycles. The fraction of sp³-hybridized carbons (Fsp3) is 0.250. The second-order valence-corrected chi connectivity index (χ2v) is 7.99. The highest BCUT2D eigenvalue weighted by atomic mass is 35.5. The number of hydrogen-bond acceptors (Lipinski definition) is 4. The van der Waals surface area contributed by atoms with E-state index in [0.717, 1.165) is 17.7 Å². The molecule has 0 saturated carbocycles. The van der Waals surface area contributed by atoms with Gasteiger partial charge in [-0.2, -0.15) is 0 Å². The van der Waals surface area contributed by atoms with Crippen molar-refractivity contribution in [2.24, 2.45) is 0 Å². The summed E-state index contributed by atoms with van der Waals surface area (Å²) in [7, 11) is -3.88. The highest BCUT2D eigenvalue weighted by Gasteiger charge is 2.21. The Labute approximate surface area is 150 Å². The Bertz CT molecular complexity index is 870. The van der Waals surface area contributed by atoms with Crippen molar-refractivity contribution in [2.45, 2.75) is 17.4 Å². The van der Waals surface area contributed by atoms with Gasteiger partial charge >= 0.3 is 0 Å². The number of aliphatic hydroxyl groups excluding tert-OH is 1. The average Bonchev–Trinajstić information content (AvgIpc) is 3.02. The molecule has 1 unspecified atom stereocenters. The van der Waals surface area contributed by atoms with Crippen LogP contribution in [0.25, 0.3) is 0 Å². The summed E-state index contributed by atoms with van der Waals surface area (Å²) in [4.78, 5) is -0.119. The number of nitrogens with one attached hydrogen (secondary N) is 1. The van der Waals surface area contributed by atoms with Crippen molar-refractivity contribution < 1.29 is 18.3 Å². The number of aliphatic hydroxyl groups is 1. The van der Waals surface area contributed by atoms with Crippen molar-refractivity contribution in [1.82, 2.24) is 4.72 Å². The first-order valence-corrected chi connectivity index (χ1v) is 9.49. The van der Waals surface area contributed by atoms with E-state index in [4.69, 9.17) is 27.9 Å². The van der Waals surface area contributed by atoms with Crippen LogP contribution in [0.15, 0.2) is 41.3 Å². The van der Waals surface area contributed by atoms with Crippen LogP contribution in [0, 0.1) is 0 Å². The number of hydrogen-bond donors (Lipinski definition) is 2. The van der Waals surface area contributed by atoms with Crippen molar-refractivity contribution in [3.63, 3.8) is 0 Å². The number of fused-ring (bicyclic) bond motifs is 1.